The lowest BCUT2D eigenvalue weighted by Gasteiger charge is -2.08. The number of nitrogens with zero attached hydrogens (tertiary/aromatic N) is 1. The average molecular weight is 241 g/mol. The molecular weight excluding hydrogens is 230 g/mol. The molecule has 1 unspecified atom stereocenters. The maximum absolute atomic E-state index is 11.4. The van der Waals surface area contributed by atoms with Crippen LogP contribution >= 0.6 is 0 Å². The Morgan fingerprint density at radius 1 is 1.59 bits per heavy atom. The summed E-state index contributed by atoms with van der Waals surface area (Å²) < 4.78 is 4.26. The van der Waals surface area contributed by atoms with E-state index in [1.54, 1.807) is 0 Å². The minimum Gasteiger partial charge on any atom is -0.467 e. The number of aliphatic hydroxyl groups excluding tert-OH is 1. The summed E-state index contributed by atoms with van der Waals surface area (Å²) in [4.78, 5) is 32.9. The number of aliphatic hydroxyl groups is 1. The van der Waals surface area contributed by atoms with E-state index >= 15 is 0 Å². The Balaban J connectivity index is 2.53. The number of rotatable bonds is 4. The van der Waals surface area contributed by atoms with Crippen LogP contribution in [0.25, 0.3) is 0 Å². The number of aromatic nitrogens is 2. The Kier molecular flexibility index (Phi) is 4.35. The minimum atomic E-state index is -1.44. The van der Waals surface area contributed by atoms with Gasteiger partial charge >= 0.3 is 5.97 Å². The lowest BCUT2D eigenvalue weighted by Crippen LogP contribution is -2.37. The molecule has 0 saturated heterocycles. The highest BCUT2D eigenvalue weighted by atomic mass is 16.5. The van der Waals surface area contributed by atoms with Crippen molar-refractivity contribution in [3.63, 3.8) is 0 Å². The van der Waals surface area contributed by atoms with Crippen LogP contribution in [0.1, 0.15) is 10.5 Å². The predicted octanol–water partition coefficient (Wildman–Crippen LogP) is -1.97. The topological polar surface area (TPSA) is 121 Å². The minimum absolute atomic E-state index is 0.0262. The molecule has 1 aromatic heterocycles. The van der Waals surface area contributed by atoms with Crippen LogP contribution in [0.2, 0.25) is 0 Å². The van der Waals surface area contributed by atoms with Gasteiger partial charge in [-0.2, -0.15) is 5.10 Å². The summed E-state index contributed by atoms with van der Waals surface area (Å²) in [7, 11) is 1.12. The Hall–Kier alpha value is -2.22. The first-order chi connectivity index (χ1) is 8.04. The molecule has 92 valence electrons. The van der Waals surface area contributed by atoms with E-state index in [1.165, 1.54) is 6.07 Å². The van der Waals surface area contributed by atoms with Crippen molar-refractivity contribution in [1.82, 2.24) is 15.5 Å². The van der Waals surface area contributed by atoms with Crippen LogP contribution in [0.15, 0.2) is 16.9 Å². The molecule has 1 heterocycles. The average Bonchev–Trinajstić information content (AvgIpc) is 2.35. The Morgan fingerprint density at radius 2 is 2.29 bits per heavy atom. The van der Waals surface area contributed by atoms with Crippen LogP contribution in [0, 0.1) is 0 Å². The third kappa shape index (κ3) is 3.68. The second-order valence-electron chi connectivity index (χ2n) is 3.06. The van der Waals surface area contributed by atoms with Crippen molar-refractivity contribution in [2.45, 2.75) is 6.10 Å². The van der Waals surface area contributed by atoms with E-state index in [0.717, 1.165) is 13.2 Å². The number of nitrogens with one attached hydrogen (secondary N) is 2. The summed E-state index contributed by atoms with van der Waals surface area (Å²) in [6, 6.07) is 2.36. The summed E-state index contributed by atoms with van der Waals surface area (Å²) in [6.45, 7) is -0.299. The van der Waals surface area contributed by atoms with Gasteiger partial charge in [-0.15, -0.1) is 0 Å². The van der Waals surface area contributed by atoms with Gasteiger partial charge in [-0.25, -0.2) is 9.89 Å². The molecule has 8 heteroatoms. The third-order valence-corrected chi connectivity index (χ3v) is 1.84. The van der Waals surface area contributed by atoms with Crippen molar-refractivity contribution < 1.29 is 19.4 Å². The number of hydrogen-bond donors (Lipinski definition) is 3. The van der Waals surface area contributed by atoms with Crippen molar-refractivity contribution in [2.24, 2.45) is 0 Å². The van der Waals surface area contributed by atoms with Gasteiger partial charge in [0.25, 0.3) is 11.5 Å². The Bertz CT molecular complexity index is 449. The first-order valence-corrected chi connectivity index (χ1v) is 4.64. The van der Waals surface area contributed by atoms with Gasteiger partial charge in [-0.3, -0.25) is 9.59 Å². The van der Waals surface area contributed by atoms with Gasteiger partial charge in [0.1, 0.15) is 5.69 Å². The number of carbonyl (C=O) groups is 2. The molecule has 0 fully saturated rings. The number of H-pyrrole nitrogens is 1. The fourth-order valence-corrected chi connectivity index (χ4v) is 0.970. The molecule has 0 saturated carbocycles. The van der Waals surface area contributed by atoms with E-state index in [4.69, 9.17) is 0 Å². The number of ether oxygens (including phenoxy) is 1. The number of hydrogen-bond acceptors (Lipinski definition) is 6. The lowest BCUT2D eigenvalue weighted by molar-refractivity contribution is -0.149. The molecule has 3 N–H and O–H groups in total. The van der Waals surface area contributed by atoms with Crippen LogP contribution in [0.5, 0.6) is 0 Å². The molecule has 0 aliphatic heterocycles. The molecule has 0 aliphatic rings. The Morgan fingerprint density at radius 3 is 2.82 bits per heavy atom. The van der Waals surface area contributed by atoms with Crippen molar-refractivity contribution >= 4 is 11.9 Å². The smallest absolute Gasteiger partial charge is 0.336 e. The van der Waals surface area contributed by atoms with E-state index in [9.17, 15) is 19.5 Å². The van der Waals surface area contributed by atoms with Gasteiger partial charge in [0, 0.05) is 6.07 Å². The third-order valence-electron chi connectivity index (χ3n) is 1.84. The monoisotopic (exact) mass is 241 g/mol. The Labute approximate surface area is 95.6 Å². The summed E-state index contributed by atoms with van der Waals surface area (Å²) in [5.41, 5.74) is -0.460. The number of amides is 1. The largest absolute Gasteiger partial charge is 0.467 e. The first kappa shape index (κ1) is 12.8. The molecule has 1 atom stereocenters. The van der Waals surface area contributed by atoms with Crippen LogP contribution < -0.4 is 10.9 Å². The molecule has 17 heavy (non-hydrogen) atoms. The number of esters is 1. The van der Waals surface area contributed by atoms with Gasteiger partial charge in [0.15, 0.2) is 6.10 Å². The molecule has 0 bridgehead atoms. The van der Waals surface area contributed by atoms with Crippen molar-refractivity contribution in [3.05, 3.63) is 28.2 Å². The van der Waals surface area contributed by atoms with Gasteiger partial charge in [0.05, 0.1) is 13.7 Å². The summed E-state index contributed by atoms with van der Waals surface area (Å²) >= 11 is 0. The zero-order chi connectivity index (χ0) is 12.8. The molecular formula is C9H11N3O5. The van der Waals surface area contributed by atoms with Crippen molar-refractivity contribution in [2.75, 3.05) is 13.7 Å². The van der Waals surface area contributed by atoms with Gasteiger partial charge in [-0.05, 0) is 6.07 Å². The molecule has 1 rings (SSSR count). The fraction of sp³-hybridized carbons (Fsp3) is 0.333. The van der Waals surface area contributed by atoms with Crippen molar-refractivity contribution in [1.29, 1.82) is 0 Å². The highest BCUT2D eigenvalue weighted by molar-refractivity contribution is 5.92. The van der Waals surface area contributed by atoms with Crippen LogP contribution in [-0.4, -0.2) is 46.9 Å². The number of carbonyl (C=O) groups excluding carboxylic acids is 2. The van der Waals surface area contributed by atoms with Gasteiger partial charge < -0.3 is 15.2 Å². The highest BCUT2D eigenvalue weighted by Gasteiger charge is 2.17. The van der Waals surface area contributed by atoms with E-state index < -0.39 is 23.5 Å². The SMILES string of the molecule is COC(=O)C(O)CNC(=O)c1ccc(=O)[nH]n1. The van der Waals surface area contributed by atoms with Crippen LogP contribution in [-0.2, 0) is 9.53 Å². The number of aromatic amines is 1. The van der Waals surface area contributed by atoms with E-state index in [0.29, 0.717) is 0 Å². The highest BCUT2D eigenvalue weighted by Crippen LogP contribution is 1.90. The van der Waals surface area contributed by atoms with Crippen molar-refractivity contribution in [3.8, 4) is 0 Å². The fourth-order valence-electron chi connectivity index (χ4n) is 0.970. The van der Waals surface area contributed by atoms with Gasteiger partial charge in [0.2, 0.25) is 0 Å². The second-order valence-corrected chi connectivity index (χ2v) is 3.06. The van der Waals surface area contributed by atoms with E-state index in [-0.39, 0.29) is 12.2 Å². The quantitative estimate of drug-likeness (QED) is 0.526. The normalized spacial score (nSPS) is 11.6. The summed E-state index contributed by atoms with van der Waals surface area (Å²) in [6.07, 6.45) is -1.44. The molecule has 0 radical (unpaired) electrons. The zero-order valence-corrected chi connectivity index (χ0v) is 8.97. The van der Waals surface area contributed by atoms with Gasteiger partial charge in [-0.1, -0.05) is 0 Å². The predicted molar refractivity (Wildman–Crippen MR) is 55.2 cm³/mol. The second kappa shape index (κ2) is 5.75. The molecule has 8 nitrogen and oxygen atoms in total. The molecule has 0 spiro atoms. The summed E-state index contributed by atoms with van der Waals surface area (Å²) in [5, 5.41) is 17.0. The molecule has 1 aromatic rings. The molecule has 0 aliphatic carbocycles. The maximum atomic E-state index is 11.4. The zero-order valence-electron chi connectivity index (χ0n) is 8.97. The van der Waals surface area contributed by atoms with Crippen LogP contribution in [0.3, 0.4) is 0 Å². The first-order valence-electron chi connectivity index (χ1n) is 4.64. The molecule has 1 amide bonds. The molecule has 0 aromatic carbocycles. The van der Waals surface area contributed by atoms with E-state index in [1.807, 2.05) is 0 Å². The van der Waals surface area contributed by atoms with Crippen LogP contribution in [0.4, 0.5) is 0 Å². The lowest BCUT2D eigenvalue weighted by atomic mass is 10.3. The number of methoxy groups -OCH3 is 1. The maximum Gasteiger partial charge on any atom is 0.336 e. The van der Waals surface area contributed by atoms with E-state index in [2.05, 4.69) is 20.3 Å². The standard InChI is InChI=1S/C9H11N3O5/c1-17-9(16)6(13)4-10-8(15)5-2-3-7(14)12-11-5/h2-3,6,13H,4H2,1H3,(H,10,15)(H,12,14). The summed E-state index contributed by atoms with van der Waals surface area (Å²) in [5.74, 6) is -1.47.